The second-order valence-electron chi connectivity index (χ2n) is 7.23. The number of ether oxygens (including phenoxy) is 1. The summed E-state index contributed by atoms with van der Waals surface area (Å²) in [6.07, 6.45) is 2.41. The van der Waals surface area contributed by atoms with E-state index in [9.17, 15) is 9.90 Å². The lowest BCUT2D eigenvalue weighted by Gasteiger charge is -2.36. The molecule has 3 atom stereocenters. The van der Waals surface area contributed by atoms with Gasteiger partial charge in [0.2, 0.25) is 5.91 Å². The van der Waals surface area contributed by atoms with E-state index >= 15 is 0 Å². The van der Waals surface area contributed by atoms with Gasteiger partial charge in [-0.1, -0.05) is 18.2 Å². The van der Waals surface area contributed by atoms with Crippen molar-refractivity contribution in [1.82, 2.24) is 10.2 Å². The summed E-state index contributed by atoms with van der Waals surface area (Å²) in [5, 5.41) is 13.4. The number of aliphatic hydroxyl groups is 1. The summed E-state index contributed by atoms with van der Waals surface area (Å²) in [6, 6.07) is 7.96. The first kappa shape index (κ1) is 17.2. The second kappa shape index (κ2) is 7.56. The van der Waals surface area contributed by atoms with Crippen molar-refractivity contribution >= 4 is 17.7 Å². The van der Waals surface area contributed by atoms with E-state index in [4.69, 9.17) is 4.74 Å². The van der Waals surface area contributed by atoms with Gasteiger partial charge in [0.05, 0.1) is 6.04 Å². The fourth-order valence-corrected chi connectivity index (χ4v) is 5.38. The molecule has 0 aromatic heterocycles. The van der Waals surface area contributed by atoms with Gasteiger partial charge < -0.3 is 15.2 Å². The summed E-state index contributed by atoms with van der Waals surface area (Å²) in [4.78, 5) is 15.3. The van der Waals surface area contributed by atoms with Crippen molar-refractivity contribution in [3.05, 3.63) is 29.8 Å². The summed E-state index contributed by atoms with van der Waals surface area (Å²) < 4.78 is 5.55. The highest BCUT2D eigenvalue weighted by Crippen LogP contribution is 2.33. The molecule has 2 N–H and O–H groups in total. The minimum Gasteiger partial charge on any atom is -0.490 e. The molecule has 2 saturated heterocycles. The third-order valence-corrected chi connectivity index (χ3v) is 6.81. The number of thioether (sulfide) groups is 1. The van der Waals surface area contributed by atoms with Crippen molar-refractivity contribution < 1.29 is 14.6 Å². The van der Waals surface area contributed by atoms with Crippen LogP contribution in [0.25, 0.3) is 0 Å². The number of fused-ring (bicyclic) bond motifs is 1. The standard InChI is InChI=1S/C19H26N2O3S/c22-16-11-24-17-4-2-1-3-15(17)18(16)20-19(23)13-5-8-21(9-6-13)14-7-10-25-12-14/h1-4,13-14,16,18,22H,5-12H2,(H,20,23)/t14?,16-,18+/m1/s1. The number of hydrogen-bond acceptors (Lipinski definition) is 5. The number of carbonyl (C=O) groups excluding carboxylic acids is 1. The van der Waals surface area contributed by atoms with Gasteiger partial charge in [-0.05, 0) is 44.2 Å². The molecule has 3 heterocycles. The molecule has 1 aromatic carbocycles. The SMILES string of the molecule is O=C(N[C@H]1c2ccccc2OC[C@H]1O)C1CCN(C2CCSC2)CC1. The van der Waals surface area contributed by atoms with Crippen LogP contribution in [0.1, 0.15) is 30.9 Å². The molecule has 3 aliphatic heterocycles. The van der Waals surface area contributed by atoms with Gasteiger partial charge in [0.15, 0.2) is 0 Å². The van der Waals surface area contributed by atoms with Crippen LogP contribution in [-0.2, 0) is 4.79 Å². The van der Waals surface area contributed by atoms with E-state index in [1.54, 1.807) is 0 Å². The van der Waals surface area contributed by atoms with Crippen LogP contribution < -0.4 is 10.1 Å². The second-order valence-corrected chi connectivity index (χ2v) is 8.38. The van der Waals surface area contributed by atoms with Crippen molar-refractivity contribution in [2.45, 2.75) is 37.5 Å². The topological polar surface area (TPSA) is 61.8 Å². The van der Waals surface area contributed by atoms with Crippen molar-refractivity contribution in [3.63, 3.8) is 0 Å². The van der Waals surface area contributed by atoms with Crippen molar-refractivity contribution in [2.75, 3.05) is 31.2 Å². The maximum Gasteiger partial charge on any atom is 0.223 e. The summed E-state index contributed by atoms with van der Waals surface area (Å²) in [5.74, 6) is 3.38. The first-order valence-corrected chi connectivity index (χ1v) is 10.4. The Bertz CT molecular complexity index is 612. The summed E-state index contributed by atoms with van der Waals surface area (Å²) in [5.41, 5.74) is 0.870. The van der Waals surface area contributed by atoms with Crippen LogP contribution in [0.4, 0.5) is 0 Å². The first-order valence-electron chi connectivity index (χ1n) is 9.24. The maximum absolute atomic E-state index is 12.8. The quantitative estimate of drug-likeness (QED) is 0.859. The minimum absolute atomic E-state index is 0.0486. The first-order chi connectivity index (χ1) is 12.2. The van der Waals surface area contributed by atoms with E-state index in [1.807, 2.05) is 36.0 Å². The highest BCUT2D eigenvalue weighted by molar-refractivity contribution is 7.99. The predicted molar refractivity (Wildman–Crippen MR) is 98.9 cm³/mol. The van der Waals surface area contributed by atoms with E-state index in [1.165, 1.54) is 17.9 Å². The molecule has 0 bridgehead atoms. The van der Waals surface area contributed by atoms with E-state index in [0.717, 1.165) is 37.2 Å². The Morgan fingerprint density at radius 3 is 2.80 bits per heavy atom. The molecule has 0 aliphatic carbocycles. The van der Waals surface area contributed by atoms with Gasteiger partial charge in [-0.2, -0.15) is 11.8 Å². The van der Waals surface area contributed by atoms with Crippen LogP contribution in [0, 0.1) is 5.92 Å². The number of nitrogens with one attached hydrogen (secondary N) is 1. The van der Waals surface area contributed by atoms with Crippen molar-refractivity contribution in [3.8, 4) is 5.75 Å². The summed E-state index contributed by atoms with van der Waals surface area (Å²) >= 11 is 2.04. The predicted octanol–water partition coefficient (Wildman–Crippen LogP) is 1.81. The number of rotatable bonds is 3. The molecule has 25 heavy (non-hydrogen) atoms. The average molecular weight is 362 g/mol. The Morgan fingerprint density at radius 2 is 2.04 bits per heavy atom. The van der Waals surface area contributed by atoms with E-state index in [0.29, 0.717) is 6.04 Å². The molecular weight excluding hydrogens is 336 g/mol. The Morgan fingerprint density at radius 1 is 1.24 bits per heavy atom. The molecular formula is C19H26N2O3S. The zero-order valence-electron chi connectivity index (χ0n) is 14.4. The number of likely N-dealkylation sites (tertiary alicyclic amines) is 1. The normalized spacial score (nSPS) is 30.5. The molecule has 2 fully saturated rings. The van der Waals surface area contributed by atoms with Gasteiger partial charge in [-0.3, -0.25) is 9.69 Å². The van der Waals surface area contributed by atoms with Crippen LogP contribution in [0.2, 0.25) is 0 Å². The Labute approximate surface area is 153 Å². The lowest BCUT2D eigenvalue weighted by atomic mass is 9.92. The molecule has 3 aliphatic rings. The van der Waals surface area contributed by atoms with Crippen LogP contribution in [-0.4, -0.2) is 59.3 Å². The van der Waals surface area contributed by atoms with Crippen molar-refractivity contribution in [1.29, 1.82) is 0 Å². The van der Waals surface area contributed by atoms with Crippen LogP contribution in [0.5, 0.6) is 5.75 Å². The monoisotopic (exact) mass is 362 g/mol. The number of para-hydroxylation sites is 1. The minimum atomic E-state index is -0.700. The highest BCUT2D eigenvalue weighted by atomic mass is 32.2. The van der Waals surface area contributed by atoms with Gasteiger partial charge in [-0.15, -0.1) is 0 Å². The Hall–Kier alpha value is -1.24. The third-order valence-electron chi connectivity index (χ3n) is 5.67. The molecule has 0 radical (unpaired) electrons. The molecule has 1 unspecified atom stereocenters. The fourth-order valence-electron chi connectivity index (χ4n) is 4.13. The van der Waals surface area contributed by atoms with Crippen LogP contribution >= 0.6 is 11.8 Å². The summed E-state index contributed by atoms with van der Waals surface area (Å²) in [7, 11) is 0. The number of amides is 1. The Balaban J connectivity index is 1.36. The molecule has 0 spiro atoms. The molecule has 1 amide bonds. The van der Waals surface area contributed by atoms with Gasteiger partial charge in [0, 0.05) is 23.3 Å². The molecule has 5 nitrogen and oxygen atoms in total. The van der Waals surface area contributed by atoms with Crippen molar-refractivity contribution in [2.24, 2.45) is 5.92 Å². The molecule has 6 heteroatoms. The lowest BCUT2D eigenvalue weighted by molar-refractivity contribution is -0.128. The van der Waals surface area contributed by atoms with Crippen LogP contribution in [0.15, 0.2) is 24.3 Å². The number of hydrogen-bond donors (Lipinski definition) is 2. The zero-order chi connectivity index (χ0) is 17.2. The number of aliphatic hydroxyl groups excluding tert-OH is 1. The number of carbonyl (C=O) groups is 1. The highest BCUT2D eigenvalue weighted by Gasteiger charge is 2.34. The Kier molecular flexibility index (Phi) is 5.20. The smallest absolute Gasteiger partial charge is 0.223 e. The van der Waals surface area contributed by atoms with Gasteiger partial charge in [0.1, 0.15) is 18.5 Å². The zero-order valence-corrected chi connectivity index (χ0v) is 15.2. The molecule has 0 saturated carbocycles. The van der Waals surface area contributed by atoms with Gasteiger partial charge in [0.25, 0.3) is 0 Å². The van der Waals surface area contributed by atoms with Crippen LogP contribution in [0.3, 0.4) is 0 Å². The van der Waals surface area contributed by atoms with E-state index in [-0.39, 0.29) is 24.5 Å². The molecule has 4 rings (SSSR count). The average Bonchev–Trinajstić information content (AvgIpc) is 3.19. The van der Waals surface area contributed by atoms with E-state index in [2.05, 4.69) is 10.2 Å². The van der Waals surface area contributed by atoms with Gasteiger partial charge in [-0.25, -0.2) is 0 Å². The molecule has 1 aromatic rings. The molecule has 136 valence electrons. The third kappa shape index (κ3) is 3.66. The largest absolute Gasteiger partial charge is 0.490 e. The maximum atomic E-state index is 12.8. The lowest BCUT2D eigenvalue weighted by Crippen LogP contribution is -2.48. The fraction of sp³-hybridized carbons (Fsp3) is 0.632. The number of piperidine rings is 1. The summed E-state index contributed by atoms with van der Waals surface area (Å²) in [6.45, 7) is 2.24. The van der Waals surface area contributed by atoms with Gasteiger partial charge >= 0.3 is 0 Å². The number of benzene rings is 1. The number of nitrogens with zero attached hydrogens (tertiary/aromatic N) is 1. The van der Waals surface area contributed by atoms with E-state index < -0.39 is 6.10 Å².